The summed E-state index contributed by atoms with van der Waals surface area (Å²) in [5.74, 6) is -1.32. The van der Waals surface area contributed by atoms with Crippen molar-refractivity contribution in [3.63, 3.8) is 0 Å². The first-order chi connectivity index (χ1) is 13.0. The fourth-order valence-electron chi connectivity index (χ4n) is 3.29. The van der Waals surface area contributed by atoms with Crippen LogP contribution in [0.4, 0.5) is 0 Å². The van der Waals surface area contributed by atoms with Gasteiger partial charge in [-0.25, -0.2) is 4.79 Å². The second kappa shape index (κ2) is 8.35. The number of hydrogen-bond acceptors (Lipinski definition) is 5. The molecule has 0 unspecified atom stereocenters. The summed E-state index contributed by atoms with van der Waals surface area (Å²) in [7, 11) is 0. The Labute approximate surface area is 161 Å². The number of carbonyl (C=O) groups is 3. The molecule has 0 saturated carbocycles. The van der Waals surface area contributed by atoms with Gasteiger partial charge in [0, 0.05) is 23.6 Å². The highest BCUT2D eigenvalue weighted by atomic mass is 35.5. The highest BCUT2D eigenvalue weighted by molar-refractivity contribution is 6.30. The van der Waals surface area contributed by atoms with E-state index in [1.165, 1.54) is 4.90 Å². The Morgan fingerprint density at radius 2 is 1.74 bits per heavy atom. The van der Waals surface area contributed by atoms with Crippen LogP contribution < -0.4 is 5.73 Å². The maximum Gasteiger partial charge on any atom is 0.335 e. The van der Waals surface area contributed by atoms with Gasteiger partial charge in [0.1, 0.15) is 0 Å². The second-order valence-corrected chi connectivity index (χ2v) is 6.97. The van der Waals surface area contributed by atoms with Gasteiger partial charge in [0.15, 0.2) is 5.84 Å². The Bertz CT molecular complexity index is 778. The lowest BCUT2D eigenvalue weighted by Crippen LogP contribution is -2.32. The van der Waals surface area contributed by atoms with Crippen LogP contribution in [0.3, 0.4) is 0 Å². The molecule has 1 fully saturated rings. The second-order valence-electron chi connectivity index (χ2n) is 6.53. The van der Waals surface area contributed by atoms with E-state index in [0.29, 0.717) is 29.8 Å². The third kappa shape index (κ3) is 4.36. The number of fused-ring (bicyclic) bond motifs is 1. The van der Waals surface area contributed by atoms with Crippen LogP contribution in [0.5, 0.6) is 0 Å². The van der Waals surface area contributed by atoms with Crippen molar-refractivity contribution in [2.24, 2.45) is 22.7 Å². The molecule has 142 valence electrons. The summed E-state index contributed by atoms with van der Waals surface area (Å²) in [6, 6.07) is 6.62. The van der Waals surface area contributed by atoms with Gasteiger partial charge in [-0.05, 0) is 43.5 Å². The number of oxime groups is 1. The molecule has 1 aromatic carbocycles. The van der Waals surface area contributed by atoms with Crippen LogP contribution in [0.15, 0.2) is 41.6 Å². The minimum Gasteiger partial charge on any atom is -0.380 e. The van der Waals surface area contributed by atoms with E-state index >= 15 is 0 Å². The standard InChI is InChI=1S/C19H20ClN3O4/c20-13-9-7-12(8-10-13)17(21)22-27-16(24)6-3-11-23-18(25)14-4-1-2-5-15(14)19(23)26/h1-2,7-10,14-15H,3-6,11H2,(H2,21,22)/t14-,15-/m1/s1. The topological polar surface area (TPSA) is 102 Å². The van der Waals surface area contributed by atoms with E-state index in [0.717, 1.165) is 0 Å². The van der Waals surface area contributed by atoms with Gasteiger partial charge >= 0.3 is 5.97 Å². The van der Waals surface area contributed by atoms with Gasteiger partial charge < -0.3 is 10.6 Å². The van der Waals surface area contributed by atoms with E-state index in [1.54, 1.807) is 24.3 Å². The largest absolute Gasteiger partial charge is 0.380 e. The molecule has 1 aliphatic heterocycles. The van der Waals surface area contributed by atoms with Gasteiger partial charge in [0.25, 0.3) is 0 Å². The first-order valence-corrected chi connectivity index (χ1v) is 9.14. The molecule has 0 spiro atoms. The Balaban J connectivity index is 1.46. The lowest BCUT2D eigenvalue weighted by molar-refractivity contribution is -0.145. The van der Waals surface area contributed by atoms with E-state index in [4.69, 9.17) is 22.2 Å². The molecule has 0 bridgehead atoms. The zero-order valence-corrected chi connectivity index (χ0v) is 15.4. The number of amidine groups is 1. The normalized spacial score (nSPS) is 22.1. The van der Waals surface area contributed by atoms with Crippen LogP contribution in [0.2, 0.25) is 5.02 Å². The summed E-state index contributed by atoms with van der Waals surface area (Å²) >= 11 is 5.79. The summed E-state index contributed by atoms with van der Waals surface area (Å²) in [6.07, 6.45) is 5.44. The molecule has 8 heteroatoms. The van der Waals surface area contributed by atoms with Crippen LogP contribution in [0, 0.1) is 11.8 Å². The third-order valence-electron chi connectivity index (χ3n) is 4.75. The van der Waals surface area contributed by atoms with Crippen molar-refractivity contribution in [1.29, 1.82) is 0 Å². The minimum absolute atomic E-state index is 0.0298. The smallest absolute Gasteiger partial charge is 0.335 e. The van der Waals surface area contributed by atoms with Crippen molar-refractivity contribution in [1.82, 2.24) is 4.90 Å². The number of allylic oxidation sites excluding steroid dienone is 2. The van der Waals surface area contributed by atoms with Crippen LogP contribution in [-0.4, -0.2) is 35.1 Å². The van der Waals surface area contributed by atoms with Crippen molar-refractivity contribution in [3.05, 3.63) is 47.0 Å². The molecule has 1 aromatic rings. The Morgan fingerprint density at radius 1 is 1.15 bits per heavy atom. The molecular formula is C19H20ClN3O4. The lowest BCUT2D eigenvalue weighted by Gasteiger charge is -2.14. The van der Waals surface area contributed by atoms with E-state index in [2.05, 4.69) is 5.16 Å². The van der Waals surface area contributed by atoms with Gasteiger partial charge in [0.05, 0.1) is 11.8 Å². The molecule has 0 aromatic heterocycles. The Hall–Kier alpha value is -2.67. The van der Waals surface area contributed by atoms with E-state index in [1.807, 2.05) is 12.2 Å². The van der Waals surface area contributed by atoms with Crippen LogP contribution in [0.1, 0.15) is 31.2 Å². The average Bonchev–Trinajstić information content (AvgIpc) is 2.92. The molecule has 2 amide bonds. The van der Waals surface area contributed by atoms with Crippen molar-refractivity contribution in [2.75, 3.05) is 6.54 Å². The molecule has 1 heterocycles. The number of nitrogens with zero attached hydrogens (tertiary/aromatic N) is 2. The molecule has 1 saturated heterocycles. The zero-order valence-electron chi connectivity index (χ0n) is 14.6. The van der Waals surface area contributed by atoms with Crippen molar-refractivity contribution < 1.29 is 19.2 Å². The number of halogens is 1. The van der Waals surface area contributed by atoms with E-state index in [-0.39, 0.29) is 42.5 Å². The molecule has 27 heavy (non-hydrogen) atoms. The van der Waals surface area contributed by atoms with Crippen LogP contribution in [0.25, 0.3) is 0 Å². The summed E-state index contributed by atoms with van der Waals surface area (Å²) in [6.45, 7) is 0.205. The third-order valence-corrected chi connectivity index (χ3v) is 5.00. The zero-order chi connectivity index (χ0) is 19.4. The highest BCUT2D eigenvalue weighted by Gasteiger charge is 2.46. The summed E-state index contributed by atoms with van der Waals surface area (Å²) < 4.78 is 0. The lowest BCUT2D eigenvalue weighted by atomic mass is 9.85. The van der Waals surface area contributed by atoms with Gasteiger partial charge in [0.2, 0.25) is 11.8 Å². The number of hydrogen-bond donors (Lipinski definition) is 1. The van der Waals surface area contributed by atoms with Gasteiger partial charge in [-0.2, -0.15) is 0 Å². The van der Waals surface area contributed by atoms with Gasteiger partial charge in [-0.15, -0.1) is 0 Å². The average molecular weight is 390 g/mol. The fraction of sp³-hybridized carbons (Fsp3) is 0.368. The maximum absolute atomic E-state index is 12.3. The summed E-state index contributed by atoms with van der Waals surface area (Å²) in [4.78, 5) is 42.5. The number of rotatable bonds is 6. The summed E-state index contributed by atoms with van der Waals surface area (Å²) in [5, 5.41) is 4.17. The molecule has 7 nitrogen and oxygen atoms in total. The molecule has 2 N–H and O–H groups in total. The number of imide groups is 1. The highest BCUT2D eigenvalue weighted by Crippen LogP contribution is 2.35. The van der Waals surface area contributed by atoms with Crippen LogP contribution >= 0.6 is 11.6 Å². The van der Waals surface area contributed by atoms with E-state index < -0.39 is 5.97 Å². The SMILES string of the molecule is N/C(=N\OC(=O)CCCN1C(=O)[C@@H]2CC=CC[C@H]2C1=O)c1ccc(Cl)cc1. The molecule has 2 atom stereocenters. The van der Waals surface area contributed by atoms with Crippen molar-refractivity contribution in [2.45, 2.75) is 25.7 Å². The Kier molecular flexibility index (Phi) is 5.91. The monoisotopic (exact) mass is 389 g/mol. The molecule has 1 aliphatic carbocycles. The minimum atomic E-state index is -0.579. The quantitative estimate of drug-likeness (QED) is 0.201. The Morgan fingerprint density at radius 3 is 2.33 bits per heavy atom. The first kappa shape index (κ1) is 19.1. The molecular weight excluding hydrogens is 370 g/mol. The number of amides is 2. The summed E-state index contributed by atoms with van der Waals surface area (Å²) in [5.41, 5.74) is 6.33. The maximum atomic E-state index is 12.3. The van der Waals surface area contributed by atoms with Gasteiger partial charge in [-0.3, -0.25) is 14.5 Å². The predicted molar refractivity (Wildman–Crippen MR) is 99.6 cm³/mol. The molecule has 0 radical (unpaired) electrons. The number of carbonyl (C=O) groups excluding carboxylic acids is 3. The molecule has 2 aliphatic rings. The first-order valence-electron chi connectivity index (χ1n) is 8.77. The predicted octanol–water partition coefficient (Wildman–Crippen LogP) is 2.23. The van der Waals surface area contributed by atoms with Gasteiger partial charge in [-0.1, -0.05) is 28.9 Å². The molecule has 3 rings (SSSR count). The van der Waals surface area contributed by atoms with Crippen molar-refractivity contribution >= 4 is 35.2 Å². The number of likely N-dealkylation sites (tertiary alicyclic amines) is 1. The number of nitrogens with two attached hydrogens (primary N) is 1. The fourth-order valence-corrected chi connectivity index (χ4v) is 3.42. The van der Waals surface area contributed by atoms with Crippen LogP contribution in [-0.2, 0) is 19.2 Å². The number of benzene rings is 1. The van der Waals surface area contributed by atoms with Crippen molar-refractivity contribution in [3.8, 4) is 0 Å². The van der Waals surface area contributed by atoms with E-state index in [9.17, 15) is 14.4 Å².